The van der Waals surface area contributed by atoms with Gasteiger partial charge in [-0.15, -0.1) is 0 Å². The number of anilines is 1. The van der Waals surface area contributed by atoms with Crippen molar-refractivity contribution in [2.45, 2.75) is 45.4 Å². The lowest BCUT2D eigenvalue weighted by Crippen LogP contribution is -2.15. The first-order valence-corrected chi connectivity index (χ1v) is 9.07. The molecule has 0 bridgehead atoms. The van der Waals surface area contributed by atoms with E-state index in [1.54, 1.807) is 12.1 Å². The van der Waals surface area contributed by atoms with E-state index in [9.17, 15) is 4.79 Å². The van der Waals surface area contributed by atoms with E-state index >= 15 is 0 Å². The molecule has 4 heteroatoms. The molecule has 2 aromatic carbocycles. The average molecular weight is 360 g/mol. The maximum atomic E-state index is 11.9. The lowest BCUT2D eigenvalue weighted by molar-refractivity contribution is -0.116. The number of benzene rings is 2. The van der Waals surface area contributed by atoms with Crippen LogP contribution in [0.4, 0.5) is 5.69 Å². The molecular weight excluding hydrogens is 334 g/mol. The first-order valence-electron chi connectivity index (χ1n) is 8.69. The van der Waals surface area contributed by atoms with Gasteiger partial charge in [0, 0.05) is 17.1 Å². The second-order valence-corrected chi connectivity index (χ2v) is 7.21. The molecule has 0 unspecified atom stereocenters. The van der Waals surface area contributed by atoms with Gasteiger partial charge in [0.05, 0.1) is 6.61 Å². The fraction of sp³-hybridized carbons (Fsp3) is 0.381. The molecule has 0 aromatic heterocycles. The predicted octanol–water partition coefficient (Wildman–Crippen LogP) is 5.83. The van der Waals surface area contributed by atoms with Crippen molar-refractivity contribution in [3.05, 3.63) is 59.1 Å². The highest BCUT2D eigenvalue weighted by molar-refractivity contribution is 6.30. The molecule has 0 heterocycles. The smallest absolute Gasteiger partial charge is 0.224 e. The number of rotatable bonds is 8. The quantitative estimate of drug-likeness (QED) is 0.602. The summed E-state index contributed by atoms with van der Waals surface area (Å²) in [6, 6.07) is 15.4. The third-order valence-electron chi connectivity index (χ3n) is 4.44. The zero-order valence-corrected chi connectivity index (χ0v) is 15.9. The highest BCUT2D eigenvalue weighted by Gasteiger charge is 2.17. The Morgan fingerprint density at radius 1 is 1.16 bits per heavy atom. The Bertz CT molecular complexity index is 695. The second-order valence-electron chi connectivity index (χ2n) is 6.77. The van der Waals surface area contributed by atoms with Gasteiger partial charge in [-0.3, -0.25) is 4.79 Å². The molecule has 134 valence electrons. The molecule has 1 amide bonds. The Balaban J connectivity index is 1.73. The van der Waals surface area contributed by atoms with Crippen LogP contribution >= 0.6 is 11.6 Å². The van der Waals surface area contributed by atoms with E-state index in [-0.39, 0.29) is 11.3 Å². The first-order chi connectivity index (χ1) is 11.9. The number of hydrogen-bond acceptors (Lipinski definition) is 2. The Morgan fingerprint density at radius 2 is 1.88 bits per heavy atom. The molecule has 0 spiro atoms. The zero-order valence-electron chi connectivity index (χ0n) is 15.1. The molecule has 2 rings (SSSR count). The van der Waals surface area contributed by atoms with Crippen molar-refractivity contribution >= 4 is 23.2 Å². The van der Waals surface area contributed by atoms with Crippen molar-refractivity contribution < 1.29 is 9.53 Å². The van der Waals surface area contributed by atoms with E-state index in [1.807, 2.05) is 24.3 Å². The van der Waals surface area contributed by atoms with E-state index < -0.39 is 0 Å². The van der Waals surface area contributed by atoms with Crippen LogP contribution in [-0.4, -0.2) is 12.5 Å². The first kappa shape index (κ1) is 19.3. The molecule has 0 aliphatic carbocycles. The number of ether oxygens (including phenoxy) is 1. The molecule has 0 saturated heterocycles. The average Bonchev–Trinajstić information content (AvgIpc) is 2.59. The van der Waals surface area contributed by atoms with E-state index in [0.29, 0.717) is 30.2 Å². The van der Waals surface area contributed by atoms with Gasteiger partial charge in [-0.2, -0.15) is 0 Å². The Morgan fingerprint density at radius 3 is 2.52 bits per heavy atom. The van der Waals surface area contributed by atoms with Gasteiger partial charge >= 0.3 is 0 Å². The van der Waals surface area contributed by atoms with Crippen LogP contribution in [0.2, 0.25) is 5.02 Å². The molecule has 25 heavy (non-hydrogen) atoms. The molecule has 0 radical (unpaired) electrons. The Hall–Kier alpha value is -2.00. The maximum Gasteiger partial charge on any atom is 0.224 e. The Labute approximate surface area is 155 Å². The number of carbonyl (C=O) groups is 1. The van der Waals surface area contributed by atoms with E-state index in [0.717, 1.165) is 12.2 Å². The van der Waals surface area contributed by atoms with Gasteiger partial charge < -0.3 is 10.1 Å². The van der Waals surface area contributed by atoms with Crippen LogP contribution in [-0.2, 0) is 10.2 Å². The van der Waals surface area contributed by atoms with Crippen LogP contribution in [0, 0.1) is 0 Å². The molecule has 0 fully saturated rings. The molecule has 1 N–H and O–H groups in total. The molecular formula is C21H26ClNO2. The summed E-state index contributed by atoms with van der Waals surface area (Å²) in [5, 5.41) is 3.44. The summed E-state index contributed by atoms with van der Waals surface area (Å²) in [4.78, 5) is 11.9. The van der Waals surface area contributed by atoms with Crippen molar-refractivity contribution in [2.75, 3.05) is 11.9 Å². The summed E-state index contributed by atoms with van der Waals surface area (Å²) in [6.07, 6.45) is 2.16. The van der Waals surface area contributed by atoms with E-state index in [4.69, 9.17) is 16.3 Å². The Kier molecular flexibility index (Phi) is 6.89. The normalized spacial score (nSPS) is 11.2. The summed E-state index contributed by atoms with van der Waals surface area (Å²) in [5.74, 6) is 0.803. The van der Waals surface area contributed by atoms with Crippen molar-refractivity contribution in [3.63, 3.8) is 0 Å². The second kappa shape index (κ2) is 8.91. The predicted molar refractivity (Wildman–Crippen MR) is 105 cm³/mol. The van der Waals surface area contributed by atoms with Gasteiger partial charge in [-0.1, -0.05) is 50.6 Å². The summed E-state index contributed by atoms with van der Waals surface area (Å²) < 4.78 is 5.73. The van der Waals surface area contributed by atoms with Crippen LogP contribution in [0.15, 0.2) is 48.5 Å². The van der Waals surface area contributed by atoms with Gasteiger partial charge in [0.15, 0.2) is 0 Å². The van der Waals surface area contributed by atoms with Crippen molar-refractivity contribution in [1.82, 2.24) is 0 Å². The minimum Gasteiger partial charge on any atom is -0.494 e. The topological polar surface area (TPSA) is 38.3 Å². The van der Waals surface area contributed by atoms with Crippen LogP contribution < -0.4 is 10.1 Å². The largest absolute Gasteiger partial charge is 0.494 e. The highest BCUT2D eigenvalue weighted by Crippen LogP contribution is 2.28. The van der Waals surface area contributed by atoms with Crippen LogP contribution in [0.3, 0.4) is 0 Å². The number of nitrogens with one attached hydrogen (secondary N) is 1. The molecule has 0 aliphatic heterocycles. The van der Waals surface area contributed by atoms with Crippen LogP contribution in [0.25, 0.3) is 0 Å². The third-order valence-corrected chi connectivity index (χ3v) is 4.68. The van der Waals surface area contributed by atoms with Gasteiger partial charge in [0.2, 0.25) is 5.91 Å². The van der Waals surface area contributed by atoms with Gasteiger partial charge in [-0.05, 0) is 54.2 Å². The fourth-order valence-corrected chi connectivity index (χ4v) is 2.61. The van der Waals surface area contributed by atoms with Crippen molar-refractivity contribution in [1.29, 1.82) is 0 Å². The highest BCUT2D eigenvalue weighted by atomic mass is 35.5. The minimum absolute atomic E-state index is 0.0362. The minimum atomic E-state index is -0.0362. The maximum absolute atomic E-state index is 11.9. The molecule has 0 saturated carbocycles. The van der Waals surface area contributed by atoms with E-state index in [1.165, 1.54) is 5.56 Å². The molecule has 2 aromatic rings. The number of hydrogen-bond donors (Lipinski definition) is 1. The molecule has 0 aliphatic rings. The number of halogens is 1. The van der Waals surface area contributed by atoms with Crippen LogP contribution in [0.1, 0.15) is 45.6 Å². The molecule has 3 nitrogen and oxygen atoms in total. The lowest BCUT2D eigenvalue weighted by atomic mass is 9.82. The van der Waals surface area contributed by atoms with Crippen LogP contribution in [0.5, 0.6) is 5.75 Å². The lowest BCUT2D eigenvalue weighted by Gasteiger charge is -2.23. The summed E-state index contributed by atoms with van der Waals surface area (Å²) >= 11 is 5.90. The standard InChI is InChI=1S/C21H26ClNO2/c1-4-21(2,3)16-10-12-19(13-11-16)25-14-6-9-20(24)23-18-8-5-7-17(22)15-18/h5,7-8,10-13,15H,4,6,9,14H2,1-3H3,(H,23,24). The van der Waals surface area contributed by atoms with E-state index in [2.05, 4.69) is 38.2 Å². The summed E-state index contributed by atoms with van der Waals surface area (Å²) in [6.45, 7) is 7.18. The van der Waals surface area contributed by atoms with Gasteiger partial charge in [0.1, 0.15) is 5.75 Å². The van der Waals surface area contributed by atoms with Crippen molar-refractivity contribution in [3.8, 4) is 5.75 Å². The SMILES string of the molecule is CCC(C)(C)c1ccc(OCCCC(=O)Nc2cccc(Cl)c2)cc1. The third kappa shape index (κ3) is 6.09. The number of amides is 1. The summed E-state index contributed by atoms with van der Waals surface area (Å²) in [7, 11) is 0. The van der Waals surface area contributed by atoms with Crippen molar-refractivity contribution in [2.24, 2.45) is 0 Å². The summed E-state index contributed by atoms with van der Waals surface area (Å²) in [5.41, 5.74) is 2.20. The van der Waals surface area contributed by atoms with Gasteiger partial charge in [0.25, 0.3) is 0 Å². The monoisotopic (exact) mass is 359 g/mol. The van der Waals surface area contributed by atoms with Gasteiger partial charge in [-0.25, -0.2) is 0 Å². The number of carbonyl (C=O) groups excluding carboxylic acids is 1. The zero-order chi connectivity index (χ0) is 18.3. The molecule has 0 atom stereocenters. The fourth-order valence-electron chi connectivity index (χ4n) is 2.42.